The highest BCUT2D eigenvalue weighted by Gasteiger charge is 2.19. The van der Waals surface area contributed by atoms with Gasteiger partial charge >= 0.3 is 0 Å². The number of hydrogen-bond donors (Lipinski definition) is 1. The fraction of sp³-hybridized carbons (Fsp3) is 1.00. The van der Waals surface area contributed by atoms with Crippen LogP contribution in [0.1, 0.15) is 39.5 Å². The van der Waals surface area contributed by atoms with E-state index in [0.717, 1.165) is 19.0 Å². The molecule has 0 spiro atoms. The first-order valence-electron chi connectivity index (χ1n) is 5.23. The van der Waals surface area contributed by atoms with Gasteiger partial charge < -0.3 is 5.73 Å². The van der Waals surface area contributed by atoms with Crippen molar-refractivity contribution in [1.29, 1.82) is 0 Å². The fourth-order valence-corrected chi connectivity index (χ4v) is 1.86. The summed E-state index contributed by atoms with van der Waals surface area (Å²) in [5.74, 6) is 0. The first-order valence-corrected chi connectivity index (χ1v) is 5.23. The summed E-state index contributed by atoms with van der Waals surface area (Å²) in [6.07, 6.45) is 5.22. The Balaban J connectivity index is 2.28. The molecule has 0 amide bonds. The molecular weight excluding hydrogens is 148 g/mol. The van der Waals surface area contributed by atoms with Crippen molar-refractivity contribution in [1.82, 2.24) is 4.90 Å². The summed E-state index contributed by atoms with van der Waals surface area (Å²) in [7, 11) is 0. The maximum absolute atomic E-state index is 5.92. The largest absolute Gasteiger partial charge is 0.327 e. The van der Waals surface area contributed by atoms with E-state index in [2.05, 4.69) is 18.7 Å². The van der Waals surface area contributed by atoms with Crippen molar-refractivity contribution >= 4 is 0 Å². The first kappa shape index (κ1) is 10.0. The predicted molar refractivity (Wildman–Crippen MR) is 53.2 cm³/mol. The van der Waals surface area contributed by atoms with Gasteiger partial charge in [-0.1, -0.05) is 13.3 Å². The van der Waals surface area contributed by atoms with Crippen LogP contribution in [-0.4, -0.2) is 30.1 Å². The second kappa shape index (κ2) is 4.83. The molecule has 0 aromatic carbocycles. The molecule has 12 heavy (non-hydrogen) atoms. The summed E-state index contributed by atoms with van der Waals surface area (Å²) in [6.45, 7) is 6.84. The van der Waals surface area contributed by atoms with E-state index in [4.69, 9.17) is 5.73 Å². The van der Waals surface area contributed by atoms with Crippen molar-refractivity contribution < 1.29 is 0 Å². The van der Waals surface area contributed by atoms with Crippen LogP contribution in [0.25, 0.3) is 0 Å². The molecule has 2 N–H and O–H groups in total. The number of piperidine rings is 1. The highest BCUT2D eigenvalue weighted by molar-refractivity contribution is 4.76. The molecule has 2 heteroatoms. The summed E-state index contributed by atoms with van der Waals surface area (Å²) in [4.78, 5) is 2.54. The van der Waals surface area contributed by atoms with E-state index in [1.807, 2.05) is 0 Å². The molecule has 0 bridgehead atoms. The van der Waals surface area contributed by atoms with Crippen LogP contribution in [0, 0.1) is 0 Å². The highest BCUT2D eigenvalue weighted by Crippen LogP contribution is 2.16. The van der Waals surface area contributed by atoms with Gasteiger partial charge in [-0.3, -0.25) is 4.90 Å². The van der Waals surface area contributed by atoms with Gasteiger partial charge in [0.1, 0.15) is 0 Å². The second-order valence-corrected chi connectivity index (χ2v) is 4.01. The molecule has 1 aliphatic rings. The molecule has 0 aromatic heterocycles. The van der Waals surface area contributed by atoms with Crippen molar-refractivity contribution in [3.05, 3.63) is 0 Å². The van der Waals surface area contributed by atoms with E-state index in [1.165, 1.54) is 25.8 Å². The van der Waals surface area contributed by atoms with Crippen LogP contribution < -0.4 is 5.73 Å². The molecule has 2 nitrogen and oxygen atoms in total. The Bertz CT molecular complexity index is 125. The van der Waals surface area contributed by atoms with Gasteiger partial charge in [0.15, 0.2) is 0 Å². The standard InChI is InChI=1S/C10H22N2/c1-3-10(11)8-12-7-5-4-6-9(12)2/h9-10H,3-8,11H2,1-2H3/t9-,10-/m0/s1. The number of nitrogens with zero attached hydrogens (tertiary/aromatic N) is 1. The minimum atomic E-state index is 0.380. The molecule has 0 aliphatic carbocycles. The molecule has 2 atom stereocenters. The highest BCUT2D eigenvalue weighted by atomic mass is 15.2. The quantitative estimate of drug-likeness (QED) is 0.697. The third-order valence-corrected chi connectivity index (χ3v) is 2.93. The minimum Gasteiger partial charge on any atom is -0.327 e. The third-order valence-electron chi connectivity index (χ3n) is 2.93. The molecule has 0 radical (unpaired) electrons. The molecule has 1 fully saturated rings. The Morgan fingerprint density at radius 1 is 1.50 bits per heavy atom. The number of rotatable bonds is 3. The molecule has 1 aliphatic heterocycles. The topological polar surface area (TPSA) is 29.3 Å². The summed E-state index contributed by atoms with van der Waals surface area (Å²) >= 11 is 0. The number of hydrogen-bond acceptors (Lipinski definition) is 2. The van der Waals surface area contributed by atoms with Crippen LogP contribution in [0.5, 0.6) is 0 Å². The monoisotopic (exact) mass is 170 g/mol. The molecule has 1 heterocycles. The minimum absolute atomic E-state index is 0.380. The molecule has 1 saturated heterocycles. The van der Waals surface area contributed by atoms with Gasteiger partial charge in [0.2, 0.25) is 0 Å². The van der Waals surface area contributed by atoms with E-state index in [9.17, 15) is 0 Å². The van der Waals surface area contributed by atoms with Gasteiger partial charge in [0, 0.05) is 18.6 Å². The van der Waals surface area contributed by atoms with E-state index in [1.54, 1.807) is 0 Å². The molecule has 72 valence electrons. The van der Waals surface area contributed by atoms with Crippen LogP contribution in [0.3, 0.4) is 0 Å². The lowest BCUT2D eigenvalue weighted by atomic mass is 10.0. The maximum Gasteiger partial charge on any atom is 0.0165 e. The Morgan fingerprint density at radius 3 is 2.83 bits per heavy atom. The SMILES string of the molecule is CC[C@H](N)CN1CCCC[C@@H]1C. The van der Waals surface area contributed by atoms with Crippen LogP contribution in [0.4, 0.5) is 0 Å². The van der Waals surface area contributed by atoms with E-state index >= 15 is 0 Å². The van der Waals surface area contributed by atoms with Crippen molar-refractivity contribution in [2.24, 2.45) is 5.73 Å². The zero-order valence-electron chi connectivity index (χ0n) is 8.42. The first-order chi connectivity index (χ1) is 5.74. The van der Waals surface area contributed by atoms with Crippen LogP contribution in [0.2, 0.25) is 0 Å². The smallest absolute Gasteiger partial charge is 0.0165 e. The summed E-state index contributed by atoms with van der Waals surface area (Å²) in [5.41, 5.74) is 5.92. The van der Waals surface area contributed by atoms with E-state index < -0.39 is 0 Å². The number of nitrogens with two attached hydrogens (primary N) is 1. The predicted octanol–water partition coefficient (Wildman–Crippen LogP) is 1.60. The lowest BCUT2D eigenvalue weighted by Crippen LogP contribution is -2.44. The summed E-state index contributed by atoms with van der Waals surface area (Å²) in [5, 5.41) is 0. The second-order valence-electron chi connectivity index (χ2n) is 4.01. The Kier molecular flexibility index (Phi) is 4.02. The van der Waals surface area contributed by atoms with Crippen LogP contribution in [0.15, 0.2) is 0 Å². The average Bonchev–Trinajstić information content (AvgIpc) is 2.09. The van der Waals surface area contributed by atoms with Crippen LogP contribution >= 0.6 is 0 Å². The zero-order chi connectivity index (χ0) is 8.97. The fourth-order valence-electron chi connectivity index (χ4n) is 1.86. The third kappa shape index (κ3) is 2.76. The van der Waals surface area contributed by atoms with Gasteiger partial charge in [-0.2, -0.15) is 0 Å². The van der Waals surface area contributed by atoms with Gasteiger partial charge in [-0.05, 0) is 32.7 Å². The molecule has 0 saturated carbocycles. The lowest BCUT2D eigenvalue weighted by molar-refractivity contribution is 0.150. The molecule has 0 aromatic rings. The zero-order valence-corrected chi connectivity index (χ0v) is 8.42. The number of likely N-dealkylation sites (tertiary alicyclic amines) is 1. The maximum atomic E-state index is 5.92. The van der Waals surface area contributed by atoms with Crippen molar-refractivity contribution in [3.8, 4) is 0 Å². The van der Waals surface area contributed by atoms with Gasteiger partial charge in [-0.15, -0.1) is 0 Å². The van der Waals surface area contributed by atoms with Crippen molar-refractivity contribution in [3.63, 3.8) is 0 Å². The van der Waals surface area contributed by atoms with Crippen molar-refractivity contribution in [2.45, 2.75) is 51.6 Å². The molecule has 0 unspecified atom stereocenters. The Labute approximate surface area is 76.1 Å². The average molecular weight is 170 g/mol. The summed E-state index contributed by atoms with van der Waals surface area (Å²) < 4.78 is 0. The Hall–Kier alpha value is -0.0800. The molecular formula is C10H22N2. The van der Waals surface area contributed by atoms with E-state index in [-0.39, 0.29) is 0 Å². The lowest BCUT2D eigenvalue weighted by Gasteiger charge is -2.34. The van der Waals surface area contributed by atoms with Crippen LogP contribution in [-0.2, 0) is 0 Å². The van der Waals surface area contributed by atoms with Gasteiger partial charge in [0.25, 0.3) is 0 Å². The normalized spacial score (nSPS) is 28.8. The van der Waals surface area contributed by atoms with Crippen molar-refractivity contribution in [2.75, 3.05) is 13.1 Å². The van der Waals surface area contributed by atoms with E-state index in [0.29, 0.717) is 6.04 Å². The van der Waals surface area contributed by atoms with Gasteiger partial charge in [0.05, 0.1) is 0 Å². The Morgan fingerprint density at radius 2 is 2.25 bits per heavy atom. The summed E-state index contributed by atoms with van der Waals surface area (Å²) in [6, 6.07) is 1.14. The van der Waals surface area contributed by atoms with Gasteiger partial charge in [-0.25, -0.2) is 0 Å². The molecule has 1 rings (SSSR count).